The van der Waals surface area contributed by atoms with E-state index in [2.05, 4.69) is 5.32 Å². The molecule has 2 N–H and O–H groups in total. The van der Waals surface area contributed by atoms with Gasteiger partial charge < -0.3 is 19.9 Å². The van der Waals surface area contributed by atoms with Crippen LogP contribution in [0.3, 0.4) is 0 Å². The van der Waals surface area contributed by atoms with Crippen molar-refractivity contribution >= 4 is 23.2 Å². The second kappa shape index (κ2) is 6.37. The summed E-state index contributed by atoms with van der Waals surface area (Å²) in [4.78, 5) is 12.2. The number of hydrogen-bond donors (Lipinski definition) is 2. The Labute approximate surface area is 127 Å². The minimum atomic E-state index is -0.481. The summed E-state index contributed by atoms with van der Waals surface area (Å²) in [5.41, 5.74) is 0.519. The predicted octanol–water partition coefficient (Wildman–Crippen LogP) is 3.32. The van der Waals surface area contributed by atoms with Crippen LogP contribution in [-0.2, 0) is 0 Å². The smallest absolute Gasteiger partial charge is 0.259 e. The largest absolute Gasteiger partial charge is 0.507 e. The van der Waals surface area contributed by atoms with Gasteiger partial charge >= 0.3 is 0 Å². The maximum atomic E-state index is 12.2. The Bertz CT molecular complexity index is 673. The third kappa shape index (κ3) is 3.38. The number of rotatable bonds is 4. The number of phenolic OH excluding ortho intramolecular Hbond substituents is 1. The molecule has 2 aromatic rings. The zero-order valence-corrected chi connectivity index (χ0v) is 12.3. The number of carbonyl (C=O) groups is 1. The first kappa shape index (κ1) is 15.0. The Hall–Kier alpha value is -2.40. The molecule has 0 atom stereocenters. The van der Waals surface area contributed by atoms with Crippen LogP contribution in [0.4, 0.5) is 5.69 Å². The number of phenols is 1. The van der Waals surface area contributed by atoms with Gasteiger partial charge in [-0.1, -0.05) is 11.6 Å². The number of aromatic hydroxyl groups is 1. The van der Waals surface area contributed by atoms with Crippen molar-refractivity contribution in [3.05, 3.63) is 47.0 Å². The predicted molar refractivity (Wildman–Crippen MR) is 80.6 cm³/mol. The minimum Gasteiger partial charge on any atom is -0.507 e. The Balaban J connectivity index is 2.26. The highest BCUT2D eigenvalue weighted by Crippen LogP contribution is 2.29. The van der Waals surface area contributed by atoms with Gasteiger partial charge in [-0.3, -0.25) is 4.79 Å². The van der Waals surface area contributed by atoms with Crippen molar-refractivity contribution < 1.29 is 19.4 Å². The van der Waals surface area contributed by atoms with E-state index in [4.69, 9.17) is 21.1 Å². The first-order valence-corrected chi connectivity index (χ1v) is 6.45. The summed E-state index contributed by atoms with van der Waals surface area (Å²) < 4.78 is 10.0. The molecule has 0 heterocycles. The molecule has 0 radical (unpaired) electrons. The lowest BCUT2D eigenvalue weighted by molar-refractivity contribution is 0.102. The highest BCUT2D eigenvalue weighted by molar-refractivity contribution is 6.34. The third-order valence-corrected chi connectivity index (χ3v) is 3.20. The number of anilines is 1. The highest BCUT2D eigenvalue weighted by atomic mass is 35.5. The van der Waals surface area contributed by atoms with E-state index in [-0.39, 0.29) is 11.3 Å². The quantitative estimate of drug-likeness (QED) is 0.909. The van der Waals surface area contributed by atoms with E-state index in [1.165, 1.54) is 26.4 Å². The number of halogens is 1. The number of hydrogen-bond acceptors (Lipinski definition) is 4. The van der Waals surface area contributed by atoms with E-state index in [1.807, 2.05) is 0 Å². The lowest BCUT2D eigenvalue weighted by atomic mass is 10.1. The molecule has 0 saturated heterocycles. The molecule has 5 nitrogen and oxygen atoms in total. The summed E-state index contributed by atoms with van der Waals surface area (Å²) in [7, 11) is 2.99. The van der Waals surface area contributed by atoms with E-state index >= 15 is 0 Å². The Morgan fingerprint density at radius 2 is 1.71 bits per heavy atom. The van der Waals surface area contributed by atoms with Crippen LogP contribution in [0, 0.1) is 0 Å². The lowest BCUT2D eigenvalue weighted by Gasteiger charge is -2.10. The van der Waals surface area contributed by atoms with Gasteiger partial charge in [-0.2, -0.15) is 0 Å². The number of benzene rings is 2. The summed E-state index contributed by atoms with van der Waals surface area (Å²) in [6.07, 6.45) is 0. The van der Waals surface area contributed by atoms with E-state index in [1.54, 1.807) is 24.3 Å². The average Bonchev–Trinajstić information content (AvgIpc) is 2.49. The molecule has 0 aromatic heterocycles. The second-order valence-electron chi connectivity index (χ2n) is 4.18. The van der Waals surface area contributed by atoms with Gasteiger partial charge in [-0.25, -0.2) is 0 Å². The molecule has 0 aliphatic carbocycles. The molecule has 2 rings (SSSR count). The molecule has 6 heteroatoms. The van der Waals surface area contributed by atoms with Crippen LogP contribution < -0.4 is 14.8 Å². The van der Waals surface area contributed by atoms with E-state index in [0.717, 1.165) is 0 Å². The van der Waals surface area contributed by atoms with Gasteiger partial charge in [0, 0.05) is 12.1 Å². The van der Waals surface area contributed by atoms with Crippen LogP contribution in [0.15, 0.2) is 36.4 Å². The molecule has 0 aliphatic heterocycles. The number of amides is 1. The maximum Gasteiger partial charge on any atom is 0.259 e. The van der Waals surface area contributed by atoms with Gasteiger partial charge in [-0.15, -0.1) is 0 Å². The van der Waals surface area contributed by atoms with Gasteiger partial charge in [0.15, 0.2) is 0 Å². The SMILES string of the molecule is COc1ccc(C(=O)Nc2cc(OC)ccc2Cl)c(O)c1. The summed E-state index contributed by atoms with van der Waals surface area (Å²) in [6.45, 7) is 0. The Morgan fingerprint density at radius 1 is 1.10 bits per heavy atom. The van der Waals surface area contributed by atoms with Crippen LogP contribution in [-0.4, -0.2) is 25.2 Å². The topological polar surface area (TPSA) is 67.8 Å². The first-order chi connectivity index (χ1) is 10.0. The van der Waals surface area contributed by atoms with Crippen LogP contribution >= 0.6 is 11.6 Å². The Morgan fingerprint density at radius 3 is 2.33 bits per heavy atom. The standard InChI is InChI=1S/C15H14ClNO4/c1-20-9-4-6-12(16)13(7-9)17-15(19)11-5-3-10(21-2)8-14(11)18/h3-8,18H,1-2H3,(H,17,19). The third-order valence-electron chi connectivity index (χ3n) is 2.87. The van der Waals surface area contributed by atoms with Crippen molar-refractivity contribution in [3.8, 4) is 17.2 Å². The van der Waals surface area contributed by atoms with Crippen molar-refractivity contribution in [3.63, 3.8) is 0 Å². The van der Waals surface area contributed by atoms with Crippen molar-refractivity contribution in [1.82, 2.24) is 0 Å². The average molecular weight is 308 g/mol. The molecule has 0 saturated carbocycles. The zero-order chi connectivity index (χ0) is 15.4. The molecule has 21 heavy (non-hydrogen) atoms. The van der Waals surface area contributed by atoms with Crippen molar-refractivity contribution in [2.45, 2.75) is 0 Å². The van der Waals surface area contributed by atoms with Crippen LogP contribution in [0.1, 0.15) is 10.4 Å². The monoisotopic (exact) mass is 307 g/mol. The summed E-state index contributed by atoms with van der Waals surface area (Å²) >= 11 is 6.02. The summed E-state index contributed by atoms with van der Waals surface area (Å²) in [5, 5.41) is 12.8. The van der Waals surface area contributed by atoms with Crippen LogP contribution in [0.25, 0.3) is 0 Å². The fraction of sp³-hybridized carbons (Fsp3) is 0.133. The van der Waals surface area contributed by atoms with Crippen molar-refractivity contribution in [2.24, 2.45) is 0 Å². The summed E-state index contributed by atoms with van der Waals surface area (Å²) in [6, 6.07) is 9.31. The maximum absolute atomic E-state index is 12.2. The molecule has 0 spiro atoms. The molecule has 110 valence electrons. The number of nitrogens with one attached hydrogen (secondary N) is 1. The molecule has 0 aliphatic rings. The van der Waals surface area contributed by atoms with Gasteiger partial charge in [0.05, 0.1) is 30.5 Å². The Kier molecular flexibility index (Phi) is 4.55. The van der Waals surface area contributed by atoms with Crippen LogP contribution in [0.5, 0.6) is 17.2 Å². The van der Waals surface area contributed by atoms with E-state index in [9.17, 15) is 9.90 Å². The van der Waals surface area contributed by atoms with Gasteiger partial charge in [0.1, 0.15) is 17.2 Å². The molecular formula is C15H14ClNO4. The fourth-order valence-electron chi connectivity index (χ4n) is 1.75. The highest BCUT2D eigenvalue weighted by Gasteiger charge is 2.14. The number of methoxy groups -OCH3 is 2. The second-order valence-corrected chi connectivity index (χ2v) is 4.59. The lowest BCUT2D eigenvalue weighted by Crippen LogP contribution is -2.12. The molecule has 0 unspecified atom stereocenters. The summed E-state index contributed by atoms with van der Waals surface area (Å²) in [5.74, 6) is 0.369. The minimum absolute atomic E-state index is 0.120. The van der Waals surface area contributed by atoms with Gasteiger partial charge in [-0.05, 0) is 24.3 Å². The molecule has 2 aromatic carbocycles. The van der Waals surface area contributed by atoms with E-state index < -0.39 is 5.91 Å². The van der Waals surface area contributed by atoms with E-state index in [0.29, 0.717) is 22.2 Å². The number of ether oxygens (including phenoxy) is 2. The van der Waals surface area contributed by atoms with Crippen molar-refractivity contribution in [1.29, 1.82) is 0 Å². The van der Waals surface area contributed by atoms with Gasteiger partial charge in [0.2, 0.25) is 0 Å². The van der Waals surface area contributed by atoms with Crippen LogP contribution in [0.2, 0.25) is 5.02 Å². The zero-order valence-electron chi connectivity index (χ0n) is 11.5. The molecular weight excluding hydrogens is 294 g/mol. The number of carbonyl (C=O) groups excluding carboxylic acids is 1. The van der Waals surface area contributed by atoms with Gasteiger partial charge in [0.25, 0.3) is 5.91 Å². The molecule has 0 fully saturated rings. The fourth-order valence-corrected chi connectivity index (χ4v) is 1.91. The first-order valence-electron chi connectivity index (χ1n) is 6.07. The normalized spacial score (nSPS) is 10.0. The molecule has 1 amide bonds. The van der Waals surface area contributed by atoms with Crippen molar-refractivity contribution in [2.75, 3.05) is 19.5 Å². The molecule has 0 bridgehead atoms.